The van der Waals surface area contributed by atoms with Gasteiger partial charge in [0, 0.05) is 40.1 Å². The summed E-state index contributed by atoms with van der Waals surface area (Å²) < 4.78 is 7.38. The molecule has 0 radical (unpaired) electrons. The maximum absolute atomic E-state index is 13.6. The second-order valence-corrected chi connectivity index (χ2v) is 15.5. The van der Waals surface area contributed by atoms with Crippen molar-refractivity contribution in [1.29, 1.82) is 0 Å². The van der Waals surface area contributed by atoms with Crippen LogP contribution in [0.2, 0.25) is 0 Å². The number of carbonyl (C=O) groups is 4. The molecule has 2 aromatic rings. The number of carbonyl (C=O) groups excluding carboxylic acids is 4. The summed E-state index contributed by atoms with van der Waals surface area (Å²) >= 11 is 6.37. The first kappa shape index (κ1) is 39.7. The van der Waals surface area contributed by atoms with Crippen LogP contribution in [-0.2, 0) is 25.5 Å². The maximum Gasteiger partial charge on any atom is 0.306 e. The van der Waals surface area contributed by atoms with E-state index in [-0.39, 0.29) is 23.7 Å². The Hall–Kier alpha value is -1.49. The van der Waals surface area contributed by atoms with Crippen molar-refractivity contribution in [2.45, 2.75) is 104 Å². The fraction of sp³-hybridized carbons (Fsp3) is 0.529. The molecule has 0 heterocycles. The lowest BCUT2D eigenvalue weighted by Gasteiger charge is -2.27. The minimum absolute atomic E-state index is 0.103. The molecule has 2 aromatic carbocycles. The molecule has 0 unspecified atom stereocenters. The quantitative estimate of drug-likeness (QED) is 0.109. The molecule has 1 N–H and O–H groups in total. The molecule has 11 heteroatoms. The molecule has 0 bridgehead atoms. The molecule has 0 aliphatic rings. The summed E-state index contributed by atoms with van der Waals surface area (Å²) in [5.41, 5.74) is 3.13. The zero-order valence-electron chi connectivity index (χ0n) is 27.5. The molecule has 0 aliphatic carbocycles. The summed E-state index contributed by atoms with van der Waals surface area (Å²) in [6.45, 7) is 8.64. The Labute approximate surface area is 309 Å². The molecular weight excluding hydrogens is 911 g/mol. The number of anilines is 3. The first-order valence-electron chi connectivity index (χ1n) is 15.4. The smallest absolute Gasteiger partial charge is 0.306 e. The number of ether oxygens (including phenoxy) is 1. The Morgan fingerprint density at radius 1 is 0.711 bits per heavy atom. The number of benzene rings is 2. The van der Waals surface area contributed by atoms with Crippen LogP contribution in [0.4, 0.5) is 17.1 Å². The molecule has 0 saturated carbocycles. The SMILES string of the molecule is CC(=O)N(C)c1c(I)c(C(=O)Nc2ccc(CCCCCCCCCCC(=O)OC(C)(C)C)cc2)c(I)c(N(C)C(C)=O)c1I. The van der Waals surface area contributed by atoms with Crippen molar-refractivity contribution >= 4 is 109 Å². The van der Waals surface area contributed by atoms with Gasteiger partial charge in [-0.05, 0) is 126 Å². The van der Waals surface area contributed by atoms with Crippen molar-refractivity contribution in [2.24, 2.45) is 0 Å². The molecule has 0 aliphatic heterocycles. The number of nitrogens with one attached hydrogen (secondary N) is 1. The minimum Gasteiger partial charge on any atom is -0.460 e. The highest BCUT2D eigenvalue weighted by atomic mass is 127. The molecule has 2 rings (SSSR count). The van der Waals surface area contributed by atoms with Crippen LogP contribution in [0.3, 0.4) is 0 Å². The molecule has 8 nitrogen and oxygen atoms in total. The van der Waals surface area contributed by atoms with Crippen LogP contribution in [0.25, 0.3) is 0 Å². The molecule has 3 amide bonds. The largest absolute Gasteiger partial charge is 0.460 e. The zero-order chi connectivity index (χ0) is 33.9. The molecule has 45 heavy (non-hydrogen) atoms. The molecular formula is C34H46I3N3O5. The van der Waals surface area contributed by atoms with Gasteiger partial charge in [0.2, 0.25) is 11.8 Å². The fourth-order valence-corrected chi connectivity index (χ4v) is 9.84. The molecule has 248 valence electrons. The molecule has 0 saturated heterocycles. The van der Waals surface area contributed by atoms with E-state index in [2.05, 4.69) is 73.1 Å². The van der Waals surface area contributed by atoms with E-state index in [9.17, 15) is 19.2 Å². The Kier molecular flexibility index (Phi) is 16.5. The Morgan fingerprint density at radius 3 is 1.60 bits per heavy atom. The van der Waals surface area contributed by atoms with Crippen LogP contribution in [0.5, 0.6) is 0 Å². The Morgan fingerprint density at radius 2 is 1.16 bits per heavy atom. The summed E-state index contributed by atoms with van der Waals surface area (Å²) in [6.07, 6.45) is 10.5. The first-order valence-corrected chi connectivity index (χ1v) is 18.6. The third kappa shape index (κ3) is 12.6. The van der Waals surface area contributed by atoms with Gasteiger partial charge in [0.1, 0.15) is 5.60 Å². The van der Waals surface area contributed by atoms with Crippen molar-refractivity contribution in [3.05, 3.63) is 46.1 Å². The van der Waals surface area contributed by atoms with Gasteiger partial charge in [0.05, 0.1) is 27.6 Å². The van der Waals surface area contributed by atoms with Crippen LogP contribution >= 0.6 is 67.8 Å². The number of esters is 1. The van der Waals surface area contributed by atoms with Crippen molar-refractivity contribution in [1.82, 2.24) is 0 Å². The third-order valence-electron chi connectivity index (χ3n) is 7.34. The zero-order valence-corrected chi connectivity index (χ0v) is 33.9. The number of unbranched alkanes of at least 4 members (excludes halogenated alkanes) is 7. The number of halogens is 3. The number of hydrogen-bond donors (Lipinski definition) is 1. The van der Waals surface area contributed by atoms with E-state index >= 15 is 0 Å². The second kappa shape index (κ2) is 18.7. The van der Waals surface area contributed by atoms with Crippen molar-refractivity contribution in [3.63, 3.8) is 0 Å². The number of amides is 3. The standard InChI is InChI=1S/C34H46I3N3O5/c1-22(41)39(6)31-28(35)27(29(36)32(30(31)37)40(7)23(2)42)33(44)38-25-20-18-24(19-21-25)16-14-12-10-8-9-11-13-15-17-26(43)45-34(3,4)5/h18-21H,8-17H2,1-7H3,(H,38,44). The van der Waals surface area contributed by atoms with Gasteiger partial charge >= 0.3 is 5.97 Å². The van der Waals surface area contributed by atoms with E-state index in [0.29, 0.717) is 36.2 Å². The van der Waals surface area contributed by atoms with E-state index in [1.54, 1.807) is 14.1 Å². The summed E-state index contributed by atoms with van der Waals surface area (Å²) in [4.78, 5) is 53.0. The van der Waals surface area contributed by atoms with E-state index < -0.39 is 5.60 Å². The number of aryl methyl sites for hydroxylation is 1. The van der Waals surface area contributed by atoms with Crippen molar-refractivity contribution in [2.75, 3.05) is 29.2 Å². The van der Waals surface area contributed by atoms with Gasteiger partial charge in [-0.1, -0.05) is 50.7 Å². The topological polar surface area (TPSA) is 96.0 Å². The fourth-order valence-electron chi connectivity index (χ4n) is 4.74. The summed E-state index contributed by atoms with van der Waals surface area (Å²) in [5.74, 6) is -0.738. The Balaban J connectivity index is 1.91. The second-order valence-electron chi connectivity index (χ2n) is 12.2. The van der Waals surface area contributed by atoms with E-state index in [1.165, 1.54) is 54.9 Å². The monoisotopic (exact) mass is 957 g/mol. The highest BCUT2D eigenvalue weighted by molar-refractivity contribution is 14.1. The molecule has 0 atom stereocenters. The van der Waals surface area contributed by atoms with Crippen molar-refractivity contribution < 1.29 is 23.9 Å². The lowest BCUT2D eigenvalue weighted by atomic mass is 10.0. The van der Waals surface area contributed by atoms with Crippen molar-refractivity contribution in [3.8, 4) is 0 Å². The lowest BCUT2D eigenvalue weighted by Crippen LogP contribution is -2.31. The maximum atomic E-state index is 13.6. The predicted octanol–water partition coefficient (Wildman–Crippen LogP) is 9.11. The van der Waals surface area contributed by atoms with Crippen LogP contribution in [0.15, 0.2) is 24.3 Å². The van der Waals surface area contributed by atoms with Crippen LogP contribution < -0.4 is 15.1 Å². The van der Waals surface area contributed by atoms with E-state index in [0.717, 1.165) is 35.7 Å². The number of rotatable bonds is 15. The number of nitrogens with zero attached hydrogens (tertiary/aromatic N) is 2. The van der Waals surface area contributed by atoms with Gasteiger partial charge in [-0.15, -0.1) is 0 Å². The lowest BCUT2D eigenvalue weighted by molar-refractivity contribution is -0.155. The summed E-state index contributed by atoms with van der Waals surface area (Å²) in [7, 11) is 3.34. The van der Waals surface area contributed by atoms with Gasteiger partial charge in [-0.25, -0.2) is 0 Å². The van der Waals surface area contributed by atoms with Gasteiger partial charge in [-0.3, -0.25) is 19.2 Å². The third-order valence-corrected chi connectivity index (χ3v) is 10.5. The summed E-state index contributed by atoms with van der Waals surface area (Å²) in [6, 6.07) is 7.94. The van der Waals surface area contributed by atoms with E-state index in [1.807, 2.05) is 45.0 Å². The van der Waals surface area contributed by atoms with E-state index in [4.69, 9.17) is 4.74 Å². The average Bonchev–Trinajstić information content (AvgIpc) is 2.93. The molecule has 0 spiro atoms. The number of hydrogen-bond acceptors (Lipinski definition) is 5. The van der Waals surface area contributed by atoms with Gasteiger partial charge in [0.15, 0.2) is 0 Å². The first-order chi connectivity index (χ1) is 21.0. The van der Waals surface area contributed by atoms with Crippen LogP contribution in [0, 0.1) is 10.7 Å². The molecule has 0 aromatic heterocycles. The van der Waals surface area contributed by atoms with Crippen LogP contribution in [0.1, 0.15) is 108 Å². The highest BCUT2D eigenvalue weighted by Gasteiger charge is 2.30. The van der Waals surface area contributed by atoms with Gasteiger partial charge < -0.3 is 19.9 Å². The van der Waals surface area contributed by atoms with Gasteiger partial charge in [-0.2, -0.15) is 0 Å². The highest BCUT2D eigenvalue weighted by Crippen LogP contribution is 2.42. The Bertz CT molecular complexity index is 1310. The summed E-state index contributed by atoms with van der Waals surface area (Å²) in [5, 5.41) is 3.01. The average molecular weight is 957 g/mol. The molecule has 0 fully saturated rings. The minimum atomic E-state index is -0.407. The normalized spacial score (nSPS) is 11.2. The van der Waals surface area contributed by atoms with Gasteiger partial charge in [0.25, 0.3) is 5.91 Å². The predicted molar refractivity (Wildman–Crippen MR) is 208 cm³/mol. The van der Waals surface area contributed by atoms with Crippen LogP contribution in [-0.4, -0.2) is 43.4 Å².